The normalized spacial score (nSPS) is 14.9. The van der Waals surface area contributed by atoms with Gasteiger partial charge in [-0.15, -0.1) is 0 Å². The van der Waals surface area contributed by atoms with Crippen LogP contribution in [0.3, 0.4) is 0 Å². The summed E-state index contributed by atoms with van der Waals surface area (Å²) < 4.78 is 2.08. The molecule has 0 saturated carbocycles. The first-order valence-corrected chi connectivity index (χ1v) is 13.3. The Bertz CT molecular complexity index is 1320. The van der Waals surface area contributed by atoms with Crippen LogP contribution in [-0.2, 0) is 11.2 Å². The highest BCUT2D eigenvalue weighted by atomic mass is 32.2. The highest BCUT2D eigenvalue weighted by Gasteiger charge is 2.32. The lowest BCUT2D eigenvalue weighted by Crippen LogP contribution is -2.29. The average Bonchev–Trinajstić information content (AvgIpc) is 3.12. The van der Waals surface area contributed by atoms with Crippen molar-refractivity contribution >= 4 is 51.7 Å². The fourth-order valence-electron chi connectivity index (χ4n) is 4.07. The summed E-state index contributed by atoms with van der Waals surface area (Å²) in [4.78, 5) is 33.5. The molecule has 1 aliphatic rings. The number of hydrogen-bond acceptors (Lipinski definition) is 6. The Kier molecular flexibility index (Phi) is 8.36. The summed E-state index contributed by atoms with van der Waals surface area (Å²) in [7, 11) is 0. The van der Waals surface area contributed by atoms with Crippen LogP contribution in [-0.4, -0.2) is 37.6 Å². The lowest BCUT2D eigenvalue weighted by molar-refractivity contribution is -0.122. The van der Waals surface area contributed by atoms with Gasteiger partial charge in [-0.25, -0.2) is 4.98 Å². The third-order valence-corrected chi connectivity index (χ3v) is 7.40. The van der Waals surface area contributed by atoms with E-state index in [-0.39, 0.29) is 11.5 Å². The Labute approximate surface area is 215 Å². The lowest BCUT2D eigenvalue weighted by atomic mass is 10.1. The van der Waals surface area contributed by atoms with Crippen molar-refractivity contribution in [3.63, 3.8) is 0 Å². The molecule has 1 aromatic carbocycles. The molecule has 1 saturated heterocycles. The van der Waals surface area contributed by atoms with E-state index in [1.807, 2.05) is 37.3 Å². The zero-order valence-corrected chi connectivity index (χ0v) is 21.8. The molecular formula is C27H30N4O2S2. The summed E-state index contributed by atoms with van der Waals surface area (Å²) in [5, 5.41) is 3.35. The summed E-state index contributed by atoms with van der Waals surface area (Å²) in [5.41, 5.74) is 2.85. The summed E-state index contributed by atoms with van der Waals surface area (Å²) in [6.07, 6.45) is 8.41. The van der Waals surface area contributed by atoms with Crippen LogP contribution < -0.4 is 10.9 Å². The number of rotatable bonds is 10. The number of pyridine rings is 1. The number of carbonyl (C=O) groups excluding carboxylic acids is 1. The van der Waals surface area contributed by atoms with Crippen molar-refractivity contribution in [2.75, 3.05) is 18.4 Å². The largest absolute Gasteiger partial charge is 0.369 e. The second-order valence-electron chi connectivity index (χ2n) is 8.62. The number of hydrogen-bond donors (Lipinski definition) is 1. The van der Waals surface area contributed by atoms with Gasteiger partial charge >= 0.3 is 0 Å². The maximum absolute atomic E-state index is 13.5. The molecule has 1 N–H and O–H groups in total. The number of thiocarbonyl (C=S) groups is 1. The van der Waals surface area contributed by atoms with Gasteiger partial charge in [0, 0.05) is 19.3 Å². The molecule has 4 rings (SSSR count). The number of aromatic nitrogens is 2. The lowest BCUT2D eigenvalue weighted by Gasteiger charge is -2.14. The molecule has 0 aliphatic carbocycles. The van der Waals surface area contributed by atoms with E-state index in [0.717, 1.165) is 37.7 Å². The minimum absolute atomic E-state index is 0.138. The maximum Gasteiger partial charge on any atom is 0.267 e. The zero-order chi connectivity index (χ0) is 24.8. The molecule has 35 heavy (non-hydrogen) atoms. The van der Waals surface area contributed by atoms with Crippen molar-refractivity contribution in [1.82, 2.24) is 14.3 Å². The molecule has 2 aromatic heterocycles. The van der Waals surface area contributed by atoms with Crippen LogP contribution in [0.25, 0.3) is 11.7 Å². The number of amides is 1. The molecule has 3 heterocycles. The molecule has 0 spiro atoms. The Morgan fingerprint density at radius 1 is 1.09 bits per heavy atom. The summed E-state index contributed by atoms with van der Waals surface area (Å²) in [5.74, 6) is 0.342. The topological polar surface area (TPSA) is 66.7 Å². The van der Waals surface area contributed by atoms with Gasteiger partial charge in [0.1, 0.15) is 15.8 Å². The minimum atomic E-state index is -0.214. The van der Waals surface area contributed by atoms with Crippen LogP contribution in [0.15, 0.2) is 58.4 Å². The van der Waals surface area contributed by atoms with Gasteiger partial charge in [0.2, 0.25) is 0 Å². The number of fused-ring (bicyclic) bond motifs is 1. The van der Waals surface area contributed by atoms with Gasteiger partial charge < -0.3 is 5.32 Å². The molecule has 1 aliphatic heterocycles. The van der Waals surface area contributed by atoms with Crippen molar-refractivity contribution in [1.29, 1.82) is 0 Å². The fraction of sp³-hybridized carbons (Fsp3) is 0.333. The van der Waals surface area contributed by atoms with Crippen molar-refractivity contribution in [3.05, 3.63) is 80.6 Å². The van der Waals surface area contributed by atoms with Crippen LogP contribution in [0.2, 0.25) is 0 Å². The molecular weight excluding hydrogens is 476 g/mol. The number of anilines is 1. The number of unbranched alkanes of at least 4 members (excludes halogenated alkanes) is 3. The summed E-state index contributed by atoms with van der Waals surface area (Å²) in [6.45, 7) is 5.31. The average molecular weight is 507 g/mol. The van der Waals surface area contributed by atoms with Gasteiger partial charge in [-0.3, -0.25) is 18.9 Å². The van der Waals surface area contributed by atoms with E-state index in [4.69, 9.17) is 17.2 Å². The van der Waals surface area contributed by atoms with Gasteiger partial charge in [0.15, 0.2) is 0 Å². The second-order valence-corrected chi connectivity index (χ2v) is 10.3. The first-order chi connectivity index (χ1) is 17.0. The zero-order valence-electron chi connectivity index (χ0n) is 20.1. The highest BCUT2D eigenvalue weighted by molar-refractivity contribution is 8.26. The monoisotopic (exact) mass is 506 g/mol. The molecule has 182 valence electrons. The van der Waals surface area contributed by atoms with E-state index >= 15 is 0 Å². The smallest absolute Gasteiger partial charge is 0.267 e. The quantitative estimate of drug-likeness (QED) is 0.224. The van der Waals surface area contributed by atoms with Gasteiger partial charge in [0.25, 0.3) is 11.5 Å². The van der Waals surface area contributed by atoms with E-state index < -0.39 is 0 Å². The molecule has 1 fully saturated rings. The van der Waals surface area contributed by atoms with E-state index in [1.165, 1.54) is 21.7 Å². The summed E-state index contributed by atoms with van der Waals surface area (Å²) >= 11 is 6.74. The standard InChI is InChI=1S/C27H30N4O2S2/c1-3-4-5-9-16-31-26(33)22(35-27(31)34)18-21-23(28-15-14-20-12-7-6-8-13-20)29-24-19(2)11-10-17-30(24)25(21)32/h6-8,10-13,17-18,28H,3-5,9,14-16H2,1-2H3/b22-18+. The van der Waals surface area contributed by atoms with Crippen LogP contribution in [0.5, 0.6) is 0 Å². The van der Waals surface area contributed by atoms with Crippen LogP contribution in [0.1, 0.15) is 49.3 Å². The molecule has 0 unspecified atom stereocenters. The molecule has 8 heteroatoms. The first kappa shape index (κ1) is 25.1. The summed E-state index contributed by atoms with van der Waals surface area (Å²) in [6, 6.07) is 13.9. The van der Waals surface area contributed by atoms with Gasteiger partial charge in [-0.05, 0) is 43.0 Å². The van der Waals surface area contributed by atoms with Crippen molar-refractivity contribution in [3.8, 4) is 0 Å². The van der Waals surface area contributed by atoms with Crippen molar-refractivity contribution in [2.24, 2.45) is 0 Å². The van der Waals surface area contributed by atoms with E-state index in [9.17, 15) is 9.59 Å². The molecule has 0 atom stereocenters. The molecule has 0 bridgehead atoms. The van der Waals surface area contributed by atoms with Crippen LogP contribution in [0.4, 0.5) is 5.82 Å². The SMILES string of the molecule is CCCCCCN1C(=O)/C(=C\c2c(NCCc3ccccc3)nc3c(C)cccn3c2=O)SC1=S. The van der Waals surface area contributed by atoms with Gasteiger partial charge in [-0.2, -0.15) is 0 Å². The molecule has 1 amide bonds. The Morgan fingerprint density at radius 3 is 2.66 bits per heavy atom. The van der Waals surface area contributed by atoms with Crippen molar-refractivity contribution < 1.29 is 4.79 Å². The second kappa shape index (κ2) is 11.6. The Balaban J connectivity index is 1.65. The minimum Gasteiger partial charge on any atom is -0.369 e. The number of benzene rings is 1. The van der Waals surface area contributed by atoms with Crippen molar-refractivity contribution in [2.45, 2.75) is 46.0 Å². The predicted octanol–water partition coefficient (Wildman–Crippen LogP) is 5.44. The number of nitrogens with zero attached hydrogens (tertiary/aromatic N) is 3. The fourth-order valence-corrected chi connectivity index (χ4v) is 5.36. The van der Waals surface area contributed by atoms with Crippen LogP contribution >= 0.6 is 24.0 Å². The number of carbonyl (C=O) groups is 1. The molecule has 6 nitrogen and oxygen atoms in total. The van der Waals surface area contributed by atoms with Gasteiger partial charge in [-0.1, -0.05) is 86.6 Å². The third kappa shape index (κ3) is 5.82. The number of nitrogens with one attached hydrogen (secondary N) is 1. The predicted molar refractivity (Wildman–Crippen MR) is 149 cm³/mol. The third-order valence-electron chi connectivity index (χ3n) is 6.02. The van der Waals surface area contributed by atoms with E-state index in [2.05, 4.69) is 24.4 Å². The first-order valence-electron chi connectivity index (χ1n) is 12.0. The molecule has 0 radical (unpaired) electrons. The van der Waals surface area contributed by atoms with E-state index in [0.29, 0.717) is 39.3 Å². The number of aryl methyl sites for hydroxylation is 1. The highest BCUT2D eigenvalue weighted by Crippen LogP contribution is 2.33. The van der Waals surface area contributed by atoms with Crippen LogP contribution in [0, 0.1) is 6.92 Å². The van der Waals surface area contributed by atoms with E-state index in [1.54, 1.807) is 17.2 Å². The Morgan fingerprint density at radius 2 is 1.89 bits per heavy atom. The molecule has 3 aromatic rings. The maximum atomic E-state index is 13.5. The number of thioether (sulfide) groups is 1. The Hall–Kier alpha value is -2.97. The van der Waals surface area contributed by atoms with Gasteiger partial charge in [0.05, 0.1) is 10.5 Å².